The van der Waals surface area contributed by atoms with Crippen molar-refractivity contribution in [3.8, 4) is 0 Å². The average molecular weight is 407 g/mol. The number of carbonyl (C=O) groups excluding carboxylic acids is 1. The van der Waals surface area contributed by atoms with Crippen LogP contribution in [0, 0.1) is 0 Å². The molecular formula is C18H23BClF3O4. The van der Waals surface area contributed by atoms with E-state index in [1.165, 1.54) is 12.1 Å². The number of rotatable bonds is 5. The summed E-state index contributed by atoms with van der Waals surface area (Å²) < 4.78 is 56.7. The van der Waals surface area contributed by atoms with Crippen LogP contribution >= 0.6 is 11.6 Å². The van der Waals surface area contributed by atoms with Crippen molar-refractivity contribution in [2.24, 2.45) is 0 Å². The molecule has 1 aliphatic heterocycles. The van der Waals surface area contributed by atoms with Crippen LogP contribution in [0.2, 0.25) is 5.02 Å². The summed E-state index contributed by atoms with van der Waals surface area (Å²) in [6.07, 6.45) is -4.83. The quantitative estimate of drug-likeness (QED) is 0.508. The second kappa shape index (κ2) is 7.64. The third-order valence-corrected chi connectivity index (χ3v) is 5.45. The maximum absolute atomic E-state index is 13.3. The van der Waals surface area contributed by atoms with E-state index in [0.29, 0.717) is 0 Å². The molecule has 1 heterocycles. The zero-order valence-corrected chi connectivity index (χ0v) is 16.7. The van der Waals surface area contributed by atoms with Crippen LogP contribution in [0.3, 0.4) is 0 Å². The summed E-state index contributed by atoms with van der Waals surface area (Å²) in [5, 5.41) is -0.464. The lowest BCUT2D eigenvalue weighted by molar-refractivity contribution is -0.143. The topological polar surface area (TPSA) is 44.8 Å². The average Bonchev–Trinajstić information content (AvgIpc) is 2.72. The Balaban J connectivity index is 2.48. The monoisotopic (exact) mass is 406 g/mol. The van der Waals surface area contributed by atoms with Gasteiger partial charge in [0.05, 0.1) is 34.8 Å². The van der Waals surface area contributed by atoms with Crippen molar-refractivity contribution in [2.45, 2.75) is 64.2 Å². The highest BCUT2D eigenvalue weighted by Crippen LogP contribution is 2.45. The minimum Gasteiger partial charge on any atom is -0.466 e. The third-order valence-electron chi connectivity index (χ3n) is 5.03. The van der Waals surface area contributed by atoms with Gasteiger partial charge in [-0.1, -0.05) is 23.7 Å². The van der Waals surface area contributed by atoms with E-state index < -0.39 is 46.9 Å². The van der Waals surface area contributed by atoms with Crippen molar-refractivity contribution in [1.82, 2.24) is 0 Å². The number of carbonyl (C=O) groups is 1. The molecule has 0 saturated carbocycles. The van der Waals surface area contributed by atoms with Gasteiger partial charge in [-0.3, -0.25) is 4.79 Å². The van der Waals surface area contributed by atoms with E-state index >= 15 is 0 Å². The van der Waals surface area contributed by atoms with E-state index in [-0.39, 0.29) is 18.6 Å². The molecule has 1 aliphatic rings. The Morgan fingerprint density at radius 3 is 2.26 bits per heavy atom. The van der Waals surface area contributed by atoms with Crippen LogP contribution in [0.5, 0.6) is 0 Å². The molecule has 4 nitrogen and oxygen atoms in total. The van der Waals surface area contributed by atoms with E-state index in [1.807, 2.05) is 27.7 Å². The Hall–Kier alpha value is -1.25. The molecule has 1 atom stereocenters. The molecule has 27 heavy (non-hydrogen) atoms. The van der Waals surface area contributed by atoms with E-state index in [2.05, 4.69) is 0 Å². The summed E-state index contributed by atoms with van der Waals surface area (Å²) in [6.45, 7) is 9.10. The van der Waals surface area contributed by atoms with Gasteiger partial charge in [-0.05, 0) is 46.2 Å². The predicted octanol–water partition coefficient (Wildman–Crippen LogP) is 5.03. The molecule has 0 spiro atoms. The van der Waals surface area contributed by atoms with Crippen molar-refractivity contribution in [2.75, 3.05) is 6.61 Å². The van der Waals surface area contributed by atoms with E-state index in [1.54, 1.807) is 6.92 Å². The van der Waals surface area contributed by atoms with Crippen molar-refractivity contribution in [1.29, 1.82) is 0 Å². The largest absolute Gasteiger partial charge is 0.466 e. The first kappa shape index (κ1) is 22.0. The number of halogens is 4. The number of esters is 1. The Bertz CT molecular complexity index is 690. The smallest absolute Gasteiger partial charge is 0.466 e. The maximum atomic E-state index is 13.3. The first-order valence-corrected chi connectivity index (χ1v) is 9.05. The molecule has 0 aromatic heterocycles. The summed E-state index contributed by atoms with van der Waals surface area (Å²) in [5.74, 6) is -1.41. The number of hydrogen-bond acceptors (Lipinski definition) is 4. The summed E-state index contributed by atoms with van der Waals surface area (Å²) in [6, 6.07) is 3.61. The molecule has 0 amide bonds. The number of hydrogen-bond donors (Lipinski definition) is 0. The predicted molar refractivity (Wildman–Crippen MR) is 96.5 cm³/mol. The second-order valence-corrected chi connectivity index (χ2v) is 7.82. The first-order valence-electron chi connectivity index (χ1n) is 8.67. The minimum atomic E-state index is -4.61. The lowest BCUT2D eigenvalue weighted by Crippen LogP contribution is -2.41. The van der Waals surface area contributed by atoms with E-state index in [9.17, 15) is 18.0 Å². The SMILES string of the molecule is CCOC(=O)CC(B1OC(C)(C)C(C)(C)O1)c1cccc(C(F)(F)F)c1Cl. The Morgan fingerprint density at radius 1 is 1.22 bits per heavy atom. The Kier molecular flexibility index (Phi) is 6.24. The highest BCUT2D eigenvalue weighted by molar-refractivity contribution is 6.48. The zero-order chi connectivity index (χ0) is 20.6. The second-order valence-electron chi connectivity index (χ2n) is 7.45. The molecule has 9 heteroatoms. The fraction of sp³-hybridized carbons (Fsp3) is 0.611. The molecule has 1 saturated heterocycles. The van der Waals surface area contributed by atoms with Crippen LogP contribution in [0.1, 0.15) is 58.0 Å². The van der Waals surface area contributed by atoms with E-state index in [0.717, 1.165) is 6.07 Å². The lowest BCUT2D eigenvalue weighted by Gasteiger charge is -2.32. The molecule has 0 bridgehead atoms. The fourth-order valence-corrected chi connectivity index (χ4v) is 3.23. The van der Waals surface area contributed by atoms with Crippen LogP contribution < -0.4 is 0 Å². The van der Waals surface area contributed by atoms with Crippen LogP contribution in [-0.4, -0.2) is 30.9 Å². The summed E-state index contributed by atoms with van der Waals surface area (Å²) in [4.78, 5) is 12.1. The molecule has 0 aliphatic carbocycles. The lowest BCUT2D eigenvalue weighted by atomic mass is 9.66. The molecular weight excluding hydrogens is 383 g/mol. The number of alkyl halides is 3. The van der Waals surface area contributed by atoms with Crippen molar-refractivity contribution >= 4 is 24.7 Å². The van der Waals surface area contributed by atoms with Gasteiger partial charge in [0.2, 0.25) is 0 Å². The molecule has 1 aromatic carbocycles. The Morgan fingerprint density at radius 2 is 1.78 bits per heavy atom. The van der Waals surface area contributed by atoms with Crippen molar-refractivity contribution in [3.63, 3.8) is 0 Å². The first-order chi connectivity index (χ1) is 12.3. The maximum Gasteiger partial charge on any atom is 0.466 e. The molecule has 150 valence electrons. The van der Waals surface area contributed by atoms with Crippen LogP contribution in [0.25, 0.3) is 0 Å². The third kappa shape index (κ3) is 4.61. The molecule has 1 fully saturated rings. The summed E-state index contributed by atoms with van der Waals surface area (Å²) in [5.41, 5.74) is -2.25. The molecule has 0 N–H and O–H groups in total. The highest BCUT2D eigenvalue weighted by Gasteiger charge is 2.55. The van der Waals surface area contributed by atoms with Crippen LogP contribution in [0.15, 0.2) is 18.2 Å². The van der Waals surface area contributed by atoms with Gasteiger partial charge < -0.3 is 14.0 Å². The van der Waals surface area contributed by atoms with Gasteiger partial charge in [-0.2, -0.15) is 13.2 Å². The minimum absolute atomic E-state index is 0.137. The molecule has 0 radical (unpaired) electrons. The van der Waals surface area contributed by atoms with Gasteiger partial charge in [0.15, 0.2) is 0 Å². The van der Waals surface area contributed by atoms with Crippen LogP contribution in [0.4, 0.5) is 13.2 Å². The standard InChI is InChI=1S/C18H23BClF3O4/c1-6-25-14(24)10-13(19-26-16(2,3)17(4,5)27-19)11-8-7-9-12(15(11)20)18(21,22)23/h7-9,13H,6,10H2,1-5H3. The highest BCUT2D eigenvalue weighted by atomic mass is 35.5. The van der Waals surface area contributed by atoms with Crippen molar-refractivity contribution < 1.29 is 32.0 Å². The van der Waals surface area contributed by atoms with Gasteiger partial charge in [0, 0.05) is 5.82 Å². The molecule has 1 unspecified atom stereocenters. The van der Waals surface area contributed by atoms with E-state index in [4.69, 9.17) is 25.6 Å². The van der Waals surface area contributed by atoms with Gasteiger partial charge >= 0.3 is 19.3 Å². The van der Waals surface area contributed by atoms with Crippen molar-refractivity contribution in [3.05, 3.63) is 34.3 Å². The van der Waals surface area contributed by atoms with Gasteiger partial charge in [0.25, 0.3) is 0 Å². The van der Waals surface area contributed by atoms with Gasteiger partial charge in [-0.15, -0.1) is 0 Å². The number of benzene rings is 1. The van der Waals surface area contributed by atoms with Crippen LogP contribution in [-0.2, 0) is 25.0 Å². The fourth-order valence-electron chi connectivity index (χ4n) is 2.86. The number of ether oxygens (including phenoxy) is 1. The molecule has 1 aromatic rings. The Labute approximate surface area is 162 Å². The van der Waals surface area contributed by atoms with Gasteiger partial charge in [-0.25, -0.2) is 0 Å². The molecule has 2 rings (SSSR count). The van der Waals surface area contributed by atoms with Gasteiger partial charge in [0.1, 0.15) is 0 Å². The summed E-state index contributed by atoms with van der Waals surface area (Å²) in [7, 11) is -0.944. The summed E-state index contributed by atoms with van der Waals surface area (Å²) >= 11 is 6.09. The zero-order valence-electron chi connectivity index (χ0n) is 15.9. The normalized spacial score (nSPS) is 19.8.